The average Bonchev–Trinajstić information content (AvgIpc) is 2.80. The molecular formula is C28H32Cl2N2O2. The Morgan fingerprint density at radius 1 is 0.941 bits per heavy atom. The highest BCUT2D eigenvalue weighted by Gasteiger charge is 2.34. The molecule has 1 N–H and O–H groups in total. The quantitative estimate of drug-likeness (QED) is 0.457. The first-order valence-corrected chi connectivity index (χ1v) is 13.3. The number of hydrogen-bond donors (Lipinski definition) is 1. The number of hydrogen-bond acceptors (Lipinski definition) is 3. The molecular weight excluding hydrogens is 467 g/mol. The molecule has 2 aromatic rings. The topological polar surface area (TPSA) is 41.6 Å². The van der Waals surface area contributed by atoms with Crippen molar-refractivity contribution in [3.8, 4) is 11.5 Å². The Morgan fingerprint density at radius 3 is 2.26 bits per heavy atom. The standard InChI is InChI=1S/C28H32Cl2N2O2/c29-20-8-10-25-23(16-20)27(24-17-21(30)9-11-26(24)34-25)28(33)31-22-12-14-32(15-13-22)18-19-6-4-2-1-3-5-7-19/h6,8-11,16-17,22,27H,1-5,7,12-15,18H2,(H,31,33). The number of fused-ring (bicyclic) bond motifs is 2. The zero-order valence-corrected chi connectivity index (χ0v) is 21.0. The van der Waals surface area contributed by atoms with E-state index in [2.05, 4.69) is 16.3 Å². The lowest BCUT2D eigenvalue weighted by atomic mass is 9.86. The summed E-state index contributed by atoms with van der Waals surface area (Å²) in [5, 5.41) is 4.50. The number of amides is 1. The van der Waals surface area contributed by atoms with Crippen LogP contribution >= 0.6 is 23.2 Å². The van der Waals surface area contributed by atoms with Gasteiger partial charge in [0.25, 0.3) is 0 Å². The van der Waals surface area contributed by atoms with Crippen molar-refractivity contribution < 1.29 is 9.53 Å². The Labute approximate surface area is 212 Å². The minimum atomic E-state index is -0.491. The molecule has 0 atom stereocenters. The van der Waals surface area contributed by atoms with E-state index in [4.69, 9.17) is 27.9 Å². The lowest BCUT2D eigenvalue weighted by Gasteiger charge is -2.34. The first kappa shape index (κ1) is 23.7. The molecule has 4 nitrogen and oxygen atoms in total. The Balaban J connectivity index is 1.25. The minimum absolute atomic E-state index is 0.0171. The van der Waals surface area contributed by atoms with Crippen molar-refractivity contribution in [3.63, 3.8) is 0 Å². The molecule has 34 heavy (non-hydrogen) atoms. The fourth-order valence-electron chi connectivity index (χ4n) is 5.45. The average molecular weight is 499 g/mol. The molecule has 0 aromatic heterocycles. The molecule has 2 aromatic carbocycles. The van der Waals surface area contributed by atoms with Gasteiger partial charge >= 0.3 is 0 Å². The highest BCUT2D eigenvalue weighted by Crippen LogP contribution is 2.46. The highest BCUT2D eigenvalue weighted by atomic mass is 35.5. The van der Waals surface area contributed by atoms with Gasteiger partial charge in [-0.25, -0.2) is 0 Å². The minimum Gasteiger partial charge on any atom is -0.457 e. The largest absolute Gasteiger partial charge is 0.457 e. The normalized spacial score (nSPS) is 19.8. The third-order valence-corrected chi connectivity index (χ3v) is 7.76. The van der Waals surface area contributed by atoms with Gasteiger partial charge in [-0.2, -0.15) is 0 Å². The number of halogens is 2. The predicted octanol–water partition coefficient (Wildman–Crippen LogP) is 7.09. The van der Waals surface area contributed by atoms with E-state index in [1.165, 1.54) is 38.5 Å². The van der Waals surface area contributed by atoms with Crippen LogP contribution in [0.3, 0.4) is 0 Å². The first-order chi connectivity index (χ1) is 16.6. The third kappa shape index (κ3) is 5.45. The molecule has 1 aliphatic carbocycles. The zero-order valence-electron chi connectivity index (χ0n) is 19.5. The summed E-state index contributed by atoms with van der Waals surface area (Å²) in [6.07, 6.45) is 12.3. The van der Waals surface area contributed by atoms with Crippen molar-refractivity contribution in [2.75, 3.05) is 19.6 Å². The number of ether oxygens (including phenoxy) is 1. The molecule has 1 amide bonds. The van der Waals surface area contributed by atoms with E-state index in [9.17, 15) is 4.79 Å². The van der Waals surface area contributed by atoms with Gasteiger partial charge in [0.15, 0.2) is 0 Å². The van der Waals surface area contributed by atoms with Crippen LogP contribution in [-0.2, 0) is 4.79 Å². The van der Waals surface area contributed by atoms with E-state index in [1.807, 2.05) is 24.3 Å². The number of nitrogens with one attached hydrogen (secondary N) is 1. The number of carbonyl (C=O) groups excluding carboxylic acids is 1. The number of piperidine rings is 1. The van der Waals surface area contributed by atoms with Crippen molar-refractivity contribution in [2.24, 2.45) is 0 Å². The maximum Gasteiger partial charge on any atom is 0.232 e. The summed E-state index contributed by atoms with van der Waals surface area (Å²) in [5.41, 5.74) is 3.17. The molecule has 0 unspecified atom stereocenters. The fraction of sp³-hybridized carbons (Fsp3) is 0.464. The molecule has 0 radical (unpaired) electrons. The van der Waals surface area contributed by atoms with Gasteiger partial charge in [-0.3, -0.25) is 9.69 Å². The van der Waals surface area contributed by atoms with Crippen LogP contribution in [0, 0.1) is 0 Å². The van der Waals surface area contributed by atoms with Crippen LogP contribution in [-0.4, -0.2) is 36.5 Å². The Kier molecular flexibility index (Phi) is 7.48. The lowest BCUT2D eigenvalue weighted by Crippen LogP contribution is -2.46. The van der Waals surface area contributed by atoms with Gasteiger partial charge in [-0.05, 0) is 74.9 Å². The molecule has 2 heterocycles. The summed E-state index contributed by atoms with van der Waals surface area (Å²) < 4.78 is 6.05. The van der Waals surface area contributed by atoms with Crippen molar-refractivity contribution in [3.05, 3.63) is 69.2 Å². The Hall–Kier alpha value is -2.01. The van der Waals surface area contributed by atoms with Gasteiger partial charge in [-0.15, -0.1) is 0 Å². The van der Waals surface area contributed by atoms with Gasteiger partial charge in [0.1, 0.15) is 11.5 Å². The van der Waals surface area contributed by atoms with Gasteiger partial charge in [0.2, 0.25) is 5.91 Å². The smallest absolute Gasteiger partial charge is 0.232 e. The molecule has 0 spiro atoms. The molecule has 1 saturated heterocycles. The second kappa shape index (κ2) is 10.7. The van der Waals surface area contributed by atoms with Crippen LogP contribution in [0.5, 0.6) is 11.5 Å². The van der Waals surface area contributed by atoms with E-state index in [0.29, 0.717) is 21.5 Å². The highest BCUT2D eigenvalue weighted by molar-refractivity contribution is 6.31. The summed E-state index contributed by atoms with van der Waals surface area (Å²) in [5.74, 6) is 0.828. The van der Waals surface area contributed by atoms with Crippen LogP contribution < -0.4 is 10.1 Å². The van der Waals surface area contributed by atoms with Crippen molar-refractivity contribution >= 4 is 29.1 Å². The van der Waals surface area contributed by atoms with Crippen molar-refractivity contribution in [2.45, 2.75) is 63.3 Å². The number of nitrogens with zero attached hydrogens (tertiary/aromatic N) is 1. The van der Waals surface area contributed by atoms with E-state index in [1.54, 1.807) is 17.7 Å². The second-order valence-electron chi connectivity index (χ2n) is 9.77. The molecule has 3 aliphatic rings. The van der Waals surface area contributed by atoms with Crippen molar-refractivity contribution in [1.29, 1.82) is 0 Å². The van der Waals surface area contributed by atoms with Gasteiger partial charge < -0.3 is 10.1 Å². The number of allylic oxidation sites excluding steroid dienone is 1. The number of rotatable bonds is 4. The SMILES string of the molecule is O=C(NC1CCN(CC2=CCCCCCC2)CC1)C1c2cc(Cl)ccc2Oc2ccc(Cl)cc21. The summed E-state index contributed by atoms with van der Waals surface area (Å²) in [6, 6.07) is 11.1. The van der Waals surface area contributed by atoms with Gasteiger partial charge in [-0.1, -0.05) is 47.7 Å². The van der Waals surface area contributed by atoms with Crippen LogP contribution in [0.2, 0.25) is 10.0 Å². The molecule has 5 rings (SSSR count). The van der Waals surface area contributed by atoms with E-state index in [0.717, 1.165) is 43.6 Å². The monoisotopic (exact) mass is 498 g/mol. The molecule has 0 saturated carbocycles. The molecule has 2 aliphatic heterocycles. The summed E-state index contributed by atoms with van der Waals surface area (Å²) in [7, 11) is 0. The summed E-state index contributed by atoms with van der Waals surface area (Å²) >= 11 is 12.6. The third-order valence-electron chi connectivity index (χ3n) is 7.29. The zero-order chi connectivity index (χ0) is 23.5. The van der Waals surface area contributed by atoms with Crippen LogP contribution in [0.15, 0.2) is 48.0 Å². The van der Waals surface area contributed by atoms with Crippen LogP contribution in [0.1, 0.15) is 68.4 Å². The maximum absolute atomic E-state index is 13.6. The van der Waals surface area contributed by atoms with E-state index < -0.39 is 5.92 Å². The number of carbonyl (C=O) groups is 1. The summed E-state index contributed by atoms with van der Waals surface area (Å²) in [4.78, 5) is 16.2. The van der Waals surface area contributed by atoms with Crippen molar-refractivity contribution in [1.82, 2.24) is 10.2 Å². The van der Waals surface area contributed by atoms with Crippen LogP contribution in [0.4, 0.5) is 0 Å². The van der Waals surface area contributed by atoms with E-state index in [-0.39, 0.29) is 11.9 Å². The fourth-order valence-corrected chi connectivity index (χ4v) is 5.81. The second-order valence-corrected chi connectivity index (χ2v) is 10.6. The first-order valence-electron chi connectivity index (χ1n) is 12.5. The van der Waals surface area contributed by atoms with Gasteiger partial charge in [0.05, 0.1) is 5.92 Å². The molecule has 6 heteroatoms. The number of benzene rings is 2. The molecule has 0 bridgehead atoms. The van der Waals surface area contributed by atoms with E-state index >= 15 is 0 Å². The van der Waals surface area contributed by atoms with Gasteiger partial charge in [0, 0.05) is 46.8 Å². The summed E-state index contributed by atoms with van der Waals surface area (Å²) in [6.45, 7) is 3.11. The lowest BCUT2D eigenvalue weighted by molar-refractivity contribution is -0.122. The molecule has 1 fully saturated rings. The number of likely N-dealkylation sites (tertiary alicyclic amines) is 1. The Bertz CT molecular complexity index is 1020. The predicted molar refractivity (Wildman–Crippen MR) is 138 cm³/mol. The Morgan fingerprint density at radius 2 is 1.59 bits per heavy atom. The van der Waals surface area contributed by atoms with Crippen LogP contribution in [0.25, 0.3) is 0 Å². The maximum atomic E-state index is 13.6. The molecule has 180 valence electrons.